The summed E-state index contributed by atoms with van der Waals surface area (Å²) in [5, 5.41) is 11.3. The molecule has 1 aromatic carbocycles. The summed E-state index contributed by atoms with van der Waals surface area (Å²) in [4.78, 5) is 10.3. The second-order valence-electron chi connectivity index (χ2n) is 5.81. The molecule has 0 atom stereocenters. The largest absolute Gasteiger partial charge is 0.486 e. The van der Waals surface area contributed by atoms with Crippen LogP contribution in [0.2, 0.25) is 0 Å². The fourth-order valence-corrected chi connectivity index (χ4v) is 4.40. The van der Waals surface area contributed by atoms with E-state index < -0.39 is 20.6 Å². The zero-order valence-electron chi connectivity index (χ0n) is 12.7. The number of piperidine rings is 1. The van der Waals surface area contributed by atoms with Gasteiger partial charge in [0.2, 0.25) is 10.0 Å². The van der Waals surface area contributed by atoms with Crippen LogP contribution in [0.3, 0.4) is 0 Å². The molecule has 23 heavy (non-hydrogen) atoms. The standard InChI is InChI=1S/C14H18N2O6S/c1-10-2-4-15(5-3-10)23(19,20)14-9-13-12(21-6-7-22-13)8-11(14)16(17)18/h8-10H,2-7H2,1H3. The van der Waals surface area contributed by atoms with Crippen molar-refractivity contribution in [3.8, 4) is 11.5 Å². The van der Waals surface area contributed by atoms with Gasteiger partial charge in [0.15, 0.2) is 16.4 Å². The van der Waals surface area contributed by atoms with E-state index in [2.05, 4.69) is 6.92 Å². The van der Waals surface area contributed by atoms with Crippen molar-refractivity contribution in [1.82, 2.24) is 4.31 Å². The van der Waals surface area contributed by atoms with E-state index in [9.17, 15) is 18.5 Å². The summed E-state index contributed by atoms with van der Waals surface area (Å²) in [6.45, 7) is 3.37. The molecule has 0 radical (unpaired) electrons. The van der Waals surface area contributed by atoms with Gasteiger partial charge >= 0.3 is 0 Å². The average molecular weight is 342 g/mol. The van der Waals surface area contributed by atoms with Crippen LogP contribution >= 0.6 is 0 Å². The molecule has 0 unspecified atom stereocenters. The van der Waals surface area contributed by atoms with E-state index in [0.717, 1.165) is 18.9 Å². The van der Waals surface area contributed by atoms with Crippen LogP contribution in [0, 0.1) is 16.0 Å². The Morgan fingerprint density at radius 2 is 1.74 bits per heavy atom. The zero-order valence-corrected chi connectivity index (χ0v) is 13.5. The lowest BCUT2D eigenvalue weighted by Gasteiger charge is -2.29. The molecule has 2 heterocycles. The van der Waals surface area contributed by atoms with Crippen LogP contribution in [-0.4, -0.2) is 43.9 Å². The number of benzene rings is 1. The molecule has 9 heteroatoms. The first-order valence-electron chi connectivity index (χ1n) is 7.48. The highest BCUT2D eigenvalue weighted by molar-refractivity contribution is 7.89. The number of hydrogen-bond donors (Lipinski definition) is 0. The number of nitro benzene ring substituents is 1. The Kier molecular flexibility index (Phi) is 4.15. The summed E-state index contributed by atoms with van der Waals surface area (Å²) >= 11 is 0. The second-order valence-corrected chi connectivity index (χ2v) is 7.71. The highest BCUT2D eigenvalue weighted by Gasteiger charge is 2.35. The van der Waals surface area contributed by atoms with Crippen molar-refractivity contribution in [2.75, 3.05) is 26.3 Å². The Bertz CT molecular complexity index is 725. The number of rotatable bonds is 3. The van der Waals surface area contributed by atoms with Crippen LogP contribution in [0.4, 0.5) is 5.69 Å². The first kappa shape index (κ1) is 16.0. The van der Waals surface area contributed by atoms with Crippen molar-refractivity contribution < 1.29 is 22.8 Å². The van der Waals surface area contributed by atoms with Crippen LogP contribution in [0.1, 0.15) is 19.8 Å². The first-order valence-corrected chi connectivity index (χ1v) is 8.92. The Labute approximate surface area is 134 Å². The molecular weight excluding hydrogens is 324 g/mol. The molecule has 1 saturated heterocycles. The van der Waals surface area contributed by atoms with E-state index in [1.54, 1.807) is 0 Å². The third-order valence-electron chi connectivity index (χ3n) is 4.18. The van der Waals surface area contributed by atoms with Gasteiger partial charge in [-0.25, -0.2) is 8.42 Å². The van der Waals surface area contributed by atoms with Gasteiger partial charge in [-0.05, 0) is 18.8 Å². The molecule has 0 bridgehead atoms. The fourth-order valence-electron chi connectivity index (χ4n) is 2.77. The van der Waals surface area contributed by atoms with Crippen LogP contribution in [0.25, 0.3) is 0 Å². The summed E-state index contributed by atoms with van der Waals surface area (Å²) in [5.41, 5.74) is -0.479. The molecule has 0 amide bonds. The van der Waals surface area contributed by atoms with E-state index in [0.29, 0.717) is 19.0 Å². The number of nitro groups is 1. The van der Waals surface area contributed by atoms with Gasteiger partial charge in [0.1, 0.15) is 13.2 Å². The third-order valence-corrected chi connectivity index (χ3v) is 6.11. The molecule has 1 fully saturated rings. The van der Waals surface area contributed by atoms with E-state index in [1.165, 1.54) is 10.4 Å². The first-order chi connectivity index (χ1) is 10.9. The van der Waals surface area contributed by atoms with E-state index >= 15 is 0 Å². The van der Waals surface area contributed by atoms with Crippen LogP contribution < -0.4 is 9.47 Å². The van der Waals surface area contributed by atoms with E-state index in [-0.39, 0.29) is 29.6 Å². The van der Waals surface area contributed by atoms with Gasteiger partial charge in [0.25, 0.3) is 5.69 Å². The molecule has 126 valence electrons. The minimum Gasteiger partial charge on any atom is -0.486 e. The quantitative estimate of drug-likeness (QED) is 0.613. The smallest absolute Gasteiger partial charge is 0.293 e. The third kappa shape index (κ3) is 2.98. The highest BCUT2D eigenvalue weighted by atomic mass is 32.2. The van der Waals surface area contributed by atoms with Gasteiger partial charge in [-0.3, -0.25) is 10.1 Å². The molecule has 1 aromatic rings. The lowest BCUT2D eigenvalue weighted by molar-refractivity contribution is -0.388. The van der Waals surface area contributed by atoms with Crippen molar-refractivity contribution in [1.29, 1.82) is 0 Å². The number of ether oxygens (including phenoxy) is 2. The van der Waals surface area contributed by atoms with Crippen molar-refractivity contribution >= 4 is 15.7 Å². The summed E-state index contributed by atoms with van der Waals surface area (Å²) in [6, 6.07) is 2.34. The summed E-state index contributed by atoms with van der Waals surface area (Å²) in [7, 11) is -3.94. The SMILES string of the molecule is CC1CCN(S(=O)(=O)c2cc3c(cc2[N+](=O)[O-])OCCO3)CC1. The second kappa shape index (κ2) is 5.97. The lowest BCUT2D eigenvalue weighted by atomic mass is 10.0. The Morgan fingerprint density at radius 3 is 2.30 bits per heavy atom. The van der Waals surface area contributed by atoms with E-state index in [4.69, 9.17) is 9.47 Å². The predicted molar refractivity (Wildman–Crippen MR) is 81.2 cm³/mol. The maximum absolute atomic E-state index is 12.8. The summed E-state index contributed by atoms with van der Waals surface area (Å²) < 4.78 is 37.6. The van der Waals surface area contributed by atoms with Crippen molar-refractivity contribution in [3.05, 3.63) is 22.2 Å². The van der Waals surface area contributed by atoms with Crippen LogP contribution in [-0.2, 0) is 10.0 Å². The van der Waals surface area contributed by atoms with Crippen LogP contribution in [0.15, 0.2) is 17.0 Å². The van der Waals surface area contributed by atoms with Crippen molar-refractivity contribution in [3.63, 3.8) is 0 Å². The molecule has 0 aromatic heterocycles. The van der Waals surface area contributed by atoms with Gasteiger partial charge in [-0.2, -0.15) is 4.31 Å². The number of sulfonamides is 1. The number of fused-ring (bicyclic) bond motifs is 1. The Hall–Kier alpha value is -1.87. The van der Waals surface area contributed by atoms with Gasteiger partial charge in [-0.15, -0.1) is 0 Å². The molecule has 0 N–H and O–H groups in total. The monoisotopic (exact) mass is 342 g/mol. The minimum atomic E-state index is -3.94. The number of hydrogen-bond acceptors (Lipinski definition) is 6. The van der Waals surface area contributed by atoms with Crippen molar-refractivity contribution in [2.24, 2.45) is 5.92 Å². The molecule has 0 aliphatic carbocycles. The maximum atomic E-state index is 12.8. The number of nitrogens with zero attached hydrogens (tertiary/aromatic N) is 2. The lowest BCUT2D eigenvalue weighted by Crippen LogP contribution is -2.38. The minimum absolute atomic E-state index is 0.203. The van der Waals surface area contributed by atoms with Gasteiger partial charge < -0.3 is 9.47 Å². The molecule has 3 rings (SSSR count). The summed E-state index contributed by atoms with van der Waals surface area (Å²) in [6.07, 6.45) is 1.50. The Balaban J connectivity index is 2.05. The zero-order chi connectivity index (χ0) is 16.6. The van der Waals surface area contributed by atoms with Crippen molar-refractivity contribution in [2.45, 2.75) is 24.7 Å². The average Bonchev–Trinajstić information content (AvgIpc) is 2.54. The fraction of sp³-hybridized carbons (Fsp3) is 0.571. The molecular formula is C14H18N2O6S. The maximum Gasteiger partial charge on any atom is 0.293 e. The molecule has 2 aliphatic heterocycles. The molecule has 0 spiro atoms. The van der Waals surface area contributed by atoms with E-state index in [1.807, 2.05) is 0 Å². The normalized spacial score (nSPS) is 19.5. The van der Waals surface area contributed by atoms with Gasteiger partial charge in [-0.1, -0.05) is 6.92 Å². The predicted octanol–water partition coefficient (Wildman–Crippen LogP) is 1.79. The molecule has 8 nitrogen and oxygen atoms in total. The van der Waals surface area contributed by atoms with Gasteiger partial charge in [0.05, 0.1) is 11.0 Å². The highest BCUT2D eigenvalue weighted by Crippen LogP contribution is 2.40. The summed E-state index contributed by atoms with van der Waals surface area (Å²) in [5.74, 6) is 0.886. The molecule has 2 aliphatic rings. The Morgan fingerprint density at radius 1 is 1.17 bits per heavy atom. The van der Waals surface area contributed by atoms with Gasteiger partial charge in [0, 0.05) is 19.2 Å². The molecule has 0 saturated carbocycles. The van der Waals surface area contributed by atoms with Crippen LogP contribution in [0.5, 0.6) is 11.5 Å². The topological polar surface area (TPSA) is 99.0 Å².